The molecule has 5 rings (SSSR count). The van der Waals surface area contributed by atoms with E-state index in [-0.39, 0.29) is 0 Å². The van der Waals surface area contributed by atoms with Gasteiger partial charge in [-0.3, -0.25) is 4.98 Å². The Balaban J connectivity index is 1.71. The van der Waals surface area contributed by atoms with E-state index in [9.17, 15) is 4.21 Å². The molecule has 0 bridgehead atoms. The van der Waals surface area contributed by atoms with Gasteiger partial charge in [-0.2, -0.15) is 0 Å². The maximum Gasteiger partial charge on any atom is 0.154 e. The van der Waals surface area contributed by atoms with E-state index < -0.39 is 10.8 Å². The first-order valence-electron chi connectivity index (χ1n) is 9.35. The van der Waals surface area contributed by atoms with E-state index in [1.807, 2.05) is 78.9 Å². The van der Waals surface area contributed by atoms with Crippen LogP contribution in [-0.4, -0.2) is 14.2 Å². The fourth-order valence-corrected chi connectivity index (χ4v) is 4.96. The largest absolute Gasteiger partial charge is 0.455 e. The first kappa shape index (κ1) is 18.7. The van der Waals surface area contributed by atoms with Crippen molar-refractivity contribution in [2.75, 3.05) is 0 Å². The number of fused-ring (bicyclic) bond motifs is 2. The van der Waals surface area contributed by atoms with Crippen LogP contribution in [0.2, 0.25) is 0 Å². The minimum absolute atomic E-state index is 0.479. The number of H-pyrrole nitrogens is 1. The van der Waals surface area contributed by atoms with E-state index >= 15 is 0 Å². The number of nitrogens with one attached hydrogen (secondary N) is 1. The molecule has 1 unspecified atom stereocenters. The first-order valence-corrected chi connectivity index (χ1v) is 10.9. The summed E-state index contributed by atoms with van der Waals surface area (Å²) in [4.78, 5) is 8.71. The Labute approximate surface area is 180 Å². The van der Waals surface area contributed by atoms with E-state index in [0.29, 0.717) is 25.8 Å². The molecule has 0 saturated carbocycles. The zero-order valence-corrected chi connectivity index (χ0v) is 17.4. The quantitative estimate of drug-likeness (QED) is 0.336. The van der Waals surface area contributed by atoms with Crippen molar-refractivity contribution in [1.29, 1.82) is 0 Å². The lowest BCUT2D eigenvalue weighted by atomic mass is 10.2. The lowest BCUT2D eigenvalue weighted by molar-refractivity contribution is 0.475. The summed E-state index contributed by atoms with van der Waals surface area (Å²) in [7, 11) is -1.58. The van der Waals surface area contributed by atoms with Crippen LogP contribution in [-0.2, 0) is 10.8 Å². The lowest BCUT2D eigenvalue weighted by Gasteiger charge is -2.14. The van der Waals surface area contributed by atoms with Gasteiger partial charge < -0.3 is 9.72 Å². The molecule has 30 heavy (non-hydrogen) atoms. The van der Waals surface area contributed by atoms with Gasteiger partial charge in [0.25, 0.3) is 0 Å². The normalized spacial score (nSPS) is 12.1. The number of aromatic amines is 1. The van der Waals surface area contributed by atoms with Gasteiger partial charge in [0.05, 0.1) is 25.7 Å². The third-order valence-corrected chi connectivity index (χ3v) is 6.79. The Hall–Kier alpha value is -3.35. The highest BCUT2D eigenvalue weighted by Crippen LogP contribution is 2.36. The maximum atomic E-state index is 13.7. The Morgan fingerprint density at radius 1 is 0.833 bits per heavy atom. The monoisotopic (exact) mass is 428 g/mol. The van der Waals surface area contributed by atoms with Crippen LogP contribution in [0.1, 0.15) is 0 Å². The van der Waals surface area contributed by atoms with Gasteiger partial charge in [0, 0.05) is 28.7 Å². The van der Waals surface area contributed by atoms with Crippen LogP contribution in [0, 0.1) is 4.51 Å². The molecule has 0 radical (unpaired) electrons. The molecule has 0 saturated heterocycles. The number of aromatic nitrogens is 2. The van der Waals surface area contributed by atoms with Gasteiger partial charge in [0.2, 0.25) is 0 Å². The molecule has 0 aliphatic carbocycles. The second-order valence-electron chi connectivity index (χ2n) is 6.68. The summed E-state index contributed by atoms with van der Waals surface area (Å²) >= 11 is 5.66. The third-order valence-electron chi connectivity index (χ3n) is 4.81. The van der Waals surface area contributed by atoms with Crippen molar-refractivity contribution >= 4 is 44.8 Å². The van der Waals surface area contributed by atoms with Crippen LogP contribution in [0.15, 0.2) is 101 Å². The number of pyridine rings is 2. The van der Waals surface area contributed by atoms with Crippen LogP contribution < -0.4 is 4.74 Å². The standard InChI is InChI=1S/C24H16N2O2S2/c27-30(22-15-26-20-13-7-5-11-18(20)24(22)29)21-14-25-19-12-6-4-10-17(19)23(21)28-16-8-2-1-3-9-16/h1-15H,(H,26,29). The van der Waals surface area contributed by atoms with E-state index in [1.165, 1.54) is 0 Å². The third kappa shape index (κ3) is 3.30. The average Bonchev–Trinajstić information content (AvgIpc) is 2.80. The molecule has 4 nitrogen and oxygen atoms in total. The molecule has 0 aliphatic heterocycles. The van der Waals surface area contributed by atoms with Gasteiger partial charge in [0.15, 0.2) is 5.75 Å². The van der Waals surface area contributed by atoms with E-state index in [2.05, 4.69) is 9.97 Å². The summed E-state index contributed by atoms with van der Waals surface area (Å²) in [6.45, 7) is 0. The second kappa shape index (κ2) is 7.82. The van der Waals surface area contributed by atoms with E-state index in [4.69, 9.17) is 17.0 Å². The molecule has 0 fully saturated rings. The zero-order chi connectivity index (χ0) is 20.5. The summed E-state index contributed by atoms with van der Waals surface area (Å²) in [6, 6.07) is 24.8. The van der Waals surface area contributed by atoms with Crippen molar-refractivity contribution in [1.82, 2.24) is 9.97 Å². The molecule has 6 heteroatoms. The minimum Gasteiger partial charge on any atom is -0.455 e. The smallest absolute Gasteiger partial charge is 0.154 e. The SMILES string of the molecule is O=S(c1cnc2ccccc2c1Oc1ccccc1)c1c[nH]c2ccccc2c1=S. The molecule has 0 spiro atoms. The fourth-order valence-electron chi connectivity index (χ4n) is 3.35. The Morgan fingerprint density at radius 2 is 1.53 bits per heavy atom. The van der Waals surface area contributed by atoms with Gasteiger partial charge >= 0.3 is 0 Å². The molecule has 1 atom stereocenters. The lowest BCUT2D eigenvalue weighted by Crippen LogP contribution is -2.01. The highest BCUT2D eigenvalue weighted by molar-refractivity contribution is 7.85. The number of nitrogens with zero attached hydrogens (tertiary/aromatic N) is 1. The van der Waals surface area contributed by atoms with Crippen molar-refractivity contribution in [2.24, 2.45) is 0 Å². The van der Waals surface area contributed by atoms with Crippen LogP contribution in [0.4, 0.5) is 0 Å². The Kier molecular flexibility index (Phi) is 4.86. The number of benzene rings is 3. The molecule has 146 valence electrons. The zero-order valence-electron chi connectivity index (χ0n) is 15.7. The van der Waals surface area contributed by atoms with E-state index in [0.717, 1.165) is 21.8 Å². The molecule has 2 aromatic heterocycles. The van der Waals surface area contributed by atoms with Crippen molar-refractivity contribution in [3.05, 3.63) is 95.8 Å². The molecule has 5 aromatic rings. The van der Waals surface area contributed by atoms with Crippen molar-refractivity contribution < 1.29 is 8.95 Å². The molecule has 3 aromatic carbocycles. The number of hydrogen-bond donors (Lipinski definition) is 1. The predicted molar refractivity (Wildman–Crippen MR) is 122 cm³/mol. The number of rotatable bonds is 4. The van der Waals surface area contributed by atoms with Gasteiger partial charge in [-0.1, -0.05) is 60.7 Å². The van der Waals surface area contributed by atoms with Crippen molar-refractivity contribution in [3.63, 3.8) is 0 Å². The van der Waals surface area contributed by atoms with Crippen molar-refractivity contribution in [3.8, 4) is 11.5 Å². The number of para-hydroxylation sites is 3. The Bertz CT molecular complexity index is 1460. The Morgan fingerprint density at radius 3 is 2.37 bits per heavy atom. The number of ether oxygens (including phenoxy) is 1. The average molecular weight is 429 g/mol. The highest BCUT2D eigenvalue weighted by Gasteiger charge is 2.20. The summed E-state index contributed by atoms with van der Waals surface area (Å²) < 4.78 is 20.4. The van der Waals surface area contributed by atoms with Gasteiger partial charge in [-0.15, -0.1) is 0 Å². The molecular weight excluding hydrogens is 412 g/mol. The topological polar surface area (TPSA) is 55.0 Å². The number of hydrogen-bond acceptors (Lipinski definition) is 4. The summed E-state index contributed by atoms with van der Waals surface area (Å²) in [5.41, 5.74) is 1.67. The molecule has 1 N–H and O–H groups in total. The van der Waals surface area contributed by atoms with Gasteiger partial charge in [-0.25, -0.2) is 4.21 Å². The maximum absolute atomic E-state index is 13.7. The fraction of sp³-hybridized carbons (Fsp3) is 0. The minimum atomic E-state index is -1.58. The van der Waals surface area contributed by atoms with Crippen LogP contribution in [0.25, 0.3) is 21.8 Å². The van der Waals surface area contributed by atoms with E-state index in [1.54, 1.807) is 12.4 Å². The summed E-state index contributed by atoms with van der Waals surface area (Å²) in [5, 5.41) is 1.65. The molecule has 0 amide bonds. The molecule has 2 heterocycles. The molecular formula is C24H16N2O2S2. The summed E-state index contributed by atoms with van der Waals surface area (Å²) in [6.07, 6.45) is 3.32. The second-order valence-corrected chi connectivity index (χ2v) is 8.51. The highest BCUT2D eigenvalue weighted by atomic mass is 32.2. The molecule has 0 aliphatic rings. The van der Waals surface area contributed by atoms with Gasteiger partial charge in [0.1, 0.15) is 10.6 Å². The first-order chi connectivity index (χ1) is 14.7. The van der Waals surface area contributed by atoms with Crippen LogP contribution in [0.5, 0.6) is 11.5 Å². The van der Waals surface area contributed by atoms with Gasteiger partial charge in [-0.05, 0) is 30.3 Å². The van der Waals surface area contributed by atoms with Crippen LogP contribution in [0.3, 0.4) is 0 Å². The predicted octanol–water partition coefficient (Wildman–Crippen LogP) is 6.40. The summed E-state index contributed by atoms with van der Waals surface area (Å²) in [5.74, 6) is 1.18. The van der Waals surface area contributed by atoms with Crippen molar-refractivity contribution in [2.45, 2.75) is 9.79 Å². The van der Waals surface area contributed by atoms with Crippen LogP contribution >= 0.6 is 12.2 Å².